The molecule has 1 saturated heterocycles. The summed E-state index contributed by atoms with van der Waals surface area (Å²) < 4.78 is 8.42. The molecule has 66 valence electrons. The van der Waals surface area contributed by atoms with Crippen LogP contribution >= 0.6 is 47.8 Å². The summed E-state index contributed by atoms with van der Waals surface area (Å²) in [6.07, 6.45) is -2.46. The predicted molar refractivity (Wildman–Crippen MR) is 50.3 cm³/mol. The van der Waals surface area contributed by atoms with Gasteiger partial charge in [-0.3, -0.25) is 0 Å². The van der Waals surface area contributed by atoms with Crippen LogP contribution in [-0.4, -0.2) is 20.5 Å². The molecule has 7 heteroatoms. The number of carbonyl (C=O) groups is 1. The summed E-state index contributed by atoms with van der Waals surface area (Å²) in [5.74, 6) is 0. The Balaban J connectivity index is 2.79. The minimum absolute atomic E-state index is 0.713. The van der Waals surface area contributed by atoms with Gasteiger partial charge in [0.15, 0.2) is 8.25 Å². The zero-order chi connectivity index (χ0) is 9.35. The molecule has 1 fully saturated rings. The highest BCUT2D eigenvalue weighted by molar-refractivity contribution is 9.39. The molecule has 1 rings (SSSR count). The van der Waals surface area contributed by atoms with Crippen molar-refractivity contribution < 1.29 is 14.3 Å². The maximum Gasteiger partial charge on any atom is 0.510 e. The first-order valence-corrected chi connectivity index (χ1v) is 5.16. The van der Waals surface area contributed by atoms with E-state index in [9.17, 15) is 4.79 Å². The summed E-state index contributed by atoms with van der Waals surface area (Å²) in [7, 11) is 0. The topological polar surface area (TPSA) is 59.3 Å². The van der Waals surface area contributed by atoms with Crippen LogP contribution in [-0.2, 0) is 9.47 Å². The molecule has 0 aromatic carbocycles. The molecule has 0 saturated carbocycles. The summed E-state index contributed by atoms with van der Waals surface area (Å²) in [4.78, 5) is 10.6. The van der Waals surface area contributed by atoms with Gasteiger partial charge in [0.2, 0.25) is 6.10 Å². The van der Waals surface area contributed by atoms with Crippen LogP contribution < -0.4 is 0 Å². The van der Waals surface area contributed by atoms with E-state index in [0.29, 0.717) is 0 Å². The first-order chi connectivity index (χ1) is 5.45. The first kappa shape index (κ1) is 10.3. The third-order valence-electron chi connectivity index (χ3n) is 1.17. The van der Waals surface area contributed by atoms with Gasteiger partial charge < -0.3 is 9.47 Å². The third-order valence-corrected chi connectivity index (χ3v) is 2.52. The molecule has 0 bridgehead atoms. The SMILES string of the molecule is N#C[C@@H]1OC(=O)O[C@H]1C(Br)(Br)Br. The molecule has 0 aliphatic carbocycles. The Hall–Kier alpha value is 0.200. The van der Waals surface area contributed by atoms with E-state index < -0.39 is 20.5 Å². The fourth-order valence-corrected chi connectivity index (χ4v) is 1.69. The number of alkyl halides is 3. The summed E-state index contributed by atoms with van der Waals surface area (Å²) in [5, 5.41) is 8.55. The van der Waals surface area contributed by atoms with Crippen molar-refractivity contribution in [2.24, 2.45) is 0 Å². The summed E-state index contributed by atoms with van der Waals surface area (Å²) in [5.41, 5.74) is 0. The largest absolute Gasteiger partial charge is 0.510 e. The first-order valence-electron chi connectivity index (χ1n) is 2.79. The molecular formula is C5H2Br3NO3. The van der Waals surface area contributed by atoms with E-state index in [1.165, 1.54) is 0 Å². The highest BCUT2D eigenvalue weighted by Gasteiger charge is 2.48. The number of rotatable bonds is 0. The Morgan fingerprint density at radius 2 is 2.00 bits per heavy atom. The van der Waals surface area contributed by atoms with Gasteiger partial charge in [-0.2, -0.15) is 5.26 Å². The van der Waals surface area contributed by atoms with E-state index in [2.05, 4.69) is 52.5 Å². The van der Waals surface area contributed by atoms with Gasteiger partial charge in [-0.05, 0) is 0 Å². The van der Waals surface area contributed by atoms with Crippen LogP contribution in [0.2, 0.25) is 0 Å². The second-order valence-electron chi connectivity index (χ2n) is 2.00. The standard InChI is InChI=1S/C5H2Br3NO3/c6-5(7,8)3-2(1-9)11-4(10)12-3/h2-3H/t2-,3+/m0/s1. The van der Waals surface area contributed by atoms with Crippen LogP contribution in [0.15, 0.2) is 0 Å². The van der Waals surface area contributed by atoms with Crippen LogP contribution in [0.4, 0.5) is 4.79 Å². The average Bonchev–Trinajstić information content (AvgIpc) is 2.29. The van der Waals surface area contributed by atoms with E-state index >= 15 is 0 Å². The summed E-state index contributed by atoms with van der Waals surface area (Å²) in [6.45, 7) is 0. The number of nitriles is 1. The summed E-state index contributed by atoms with van der Waals surface area (Å²) in [6, 6.07) is 1.79. The van der Waals surface area contributed by atoms with Crippen molar-refractivity contribution >= 4 is 53.9 Å². The van der Waals surface area contributed by atoms with Crippen molar-refractivity contribution in [2.45, 2.75) is 14.4 Å². The number of halogens is 3. The lowest BCUT2D eigenvalue weighted by molar-refractivity contribution is 0.119. The zero-order valence-corrected chi connectivity index (χ0v) is 10.2. The fraction of sp³-hybridized carbons (Fsp3) is 0.600. The van der Waals surface area contributed by atoms with Gasteiger partial charge in [0.1, 0.15) is 6.07 Å². The highest BCUT2D eigenvalue weighted by Crippen LogP contribution is 2.42. The van der Waals surface area contributed by atoms with Crippen molar-refractivity contribution in [3.8, 4) is 6.07 Å². The quantitative estimate of drug-likeness (QED) is 0.489. The van der Waals surface area contributed by atoms with Crippen LogP contribution in [0.1, 0.15) is 0 Å². The Morgan fingerprint density at radius 1 is 1.42 bits per heavy atom. The monoisotopic (exact) mass is 361 g/mol. The van der Waals surface area contributed by atoms with Gasteiger partial charge >= 0.3 is 6.16 Å². The molecule has 0 unspecified atom stereocenters. The van der Waals surface area contributed by atoms with Crippen LogP contribution in [0, 0.1) is 11.3 Å². The normalized spacial score (nSPS) is 29.0. The van der Waals surface area contributed by atoms with Gasteiger partial charge in [-0.15, -0.1) is 0 Å². The molecule has 4 nitrogen and oxygen atoms in total. The fourth-order valence-electron chi connectivity index (χ4n) is 0.691. The minimum Gasteiger partial charge on any atom is -0.422 e. The minimum atomic E-state index is -0.907. The Morgan fingerprint density at radius 3 is 2.33 bits per heavy atom. The molecular weight excluding hydrogens is 362 g/mol. The maximum atomic E-state index is 10.6. The average molecular weight is 364 g/mol. The highest BCUT2D eigenvalue weighted by atomic mass is 80.0. The molecule has 0 aromatic heterocycles. The number of ether oxygens (including phenoxy) is 2. The lowest BCUT2D eigenvalue weighted by Gasteiger charge is -2.18. The molecule has 1 aliphatic rings. The lowest BCUT2D eigenvalue weighted by Crippen LogP contribution is -2.32. The van der Waals surface area contributed by atoms with Crippen molar-refractivity contribution in [1.82, 2.24) is 0 Å². The number of nitrogens with zero attached hydrogens (tertiary/aromatic N) is 1. The maximum absolute atomic E-state index is 10.6. The van der Waals surface area contributed by atoms with E-state index in [4.69, 9.17) is 10.00 Å². The van der Waals surface area contributed by atoms with E-state index in [1.54, 1.807) is 6.07 Å². The van der Waals surface area contributed by atoms with E-state index in [-0.39, 0.29) is 0 Å². The van der Waals surface area contributed by atoms with Crippen molar-refractivity contribution in [1.29, 1.82) is 5.26 Å². The van der Waals surface area contributed by atoms with Gasteiger partial charge in [0.25, 0.3) is 0 Å². The number of carbonyl (C=O) groups excluding carboxylic acids is 1. The molecule has 0 radical (unpaired) electrons. The molecule has 12 heavy (non-hydrogen) atoms. The van der Waals surface area contributed by atoms with Gasteiger partial charge in [0.05, 0.1) is 0 Å². The summed E-state index contributed by atoms with van der Waals surface area (Å²) >= 11 is 9.42. The molecule has 0 amide bonds. The Labute approximate surface area is 93.6 Å². The second kappa shape index (κ2) is 3.52. The van der Waals surface area contributed by atoms with Crippen molar-refractivity contribution in [2.75, 3.05) is 0 Å². The number of cyclic esters (lactones) is 2. The van der Waals surface area contributed by atoms with Crippen LogP contribution in [0.25, 0.3) is 0 Å². The molecule has 0 spiro atoms. The Bertz CT molecular complexity index is 243. The van der Waals surface area contributed by atoms with Crippen molar-refractivity contribution in [3.05, 3.63) is 0 Å². The molecule has 0 N–H and O–H groups in total. The second-order valence-corrected chi connectivity index (χ2v) is 8.94. The number of hydrogen-bond acceptors (Lipinski definition) is 4. The molecule has 1 heterocycles. The smallest absolute Gasteiger partial charge is 0.422 e. The van der Waals surface area contributed by atoms with Crippen LogP contribution in [0.3, 0.4) is 0 Å². The van der Waals surface area contributed by atoms with Crippen LogP contribution in [0.5, 0.6) is 0 Å². The predicted octanol–water partition coefficient (Wildman–Crippen LogP) is 2.25. The van der Waals surface area contributed by atoms with Crippen molar-refractivity contribution in [3.63, 3.8) is 0 Å². The third kappa shape index (κ3) is 2.12. The number of hydrogen-bond donors (Lipinski definition) is 0. The Kier molecular flexibility index (Phi) is 3.01. The van der Waals surface area contributed by atoms with Gasteiger partial charge in [0, 0.05) is 0 Å². The van der Waals surface area contributed by atoms with Gasteiger partial charge in [-0.1, -0.05) is 47.8 Å². The lowest BCUT2D eigenvalue weighted by atomic mass is 10.2. The van der Waals surface area contributed by atoms with Gasteiger partial charge in [-0.25, -0.2) is 4.79 Å². The zero-order valence-electron chi connectivity index (χ0n) is 5.46. The van der Waals surface area contributed by atoms with E-state index in [0.717, 1.165) is 0 Å². The molecule has 1 aliphatic heterocycles. The molecule has 2 atom stereocenters. The van der Waals surface area contributed by atoms with E-state index in [1.807, 2.05) is 0 Å². The molecule has 0 aromatic rings.